The number of hydrogen-bond acceptors (Lipinski definition) is 2. The van der Waals surface area contributed by atoms with E-state index in [0.29, 0.717) is 11.8 Å². The van der Waals surface area contributed by atoms with Crippen molar-refractivity contribution >= 4 is 0 Å². The third-order valence-corrected chi connectivity index (χ3v) is 4.07. The monoisotopic (exact) mass is 238 g/mol. The summed E-state index contributed by atoms with van der Waals surface area (Å²) in [6.45, 7) is -1.21. The maximum Gasteiger partial charge on any atom is 0.411 e. The molecule has 2 aliphatic rings. The Morgan fingerprint density at radius 1 is 1.31 bits per heavy atom. The Hall–Kier alpha value is -0.290. The van der Waals surface area contributed by atoms with Gasteiger partial charge in [-0.1, -0.05) is 6.42 Å². The Labute approximate surface area is 92.8 Å². The fourth-order valence-electron chi connectivity index (χ4n) is 3.34. The largest absolute Gasteiger partial charge is 0.411 e. The van der Waals surface area contributed by atoms with Gasteiger partial charge in [0, 0.05) is 5.41 Å². The van der Waals surface area contributed by atoms with Crippen LogP contribution in [0.4, 0.5) is 13.2 Å². The second kappa shape index (κ2) is 4.18. The highest BCUT2D eigenvalue weighted by atomic mass is 19.4. The third-order valence-electron chi connectivity index (χ3n) is 4.07. The number of aliphatic hydroxyl groups excluding tert-OH is 1. The number of alkyl halides is 3. The minimum absolute atomic E-state index is 0.0458. The van der Waals surface area contributed by atoms with Crippen LogP contribution in [0.5, 0.6) is 0 Å². The van der Waals surface area contributed by atoms with E-state index in [1.165, 1.54) is 0 Å². The molecule has 2 fully saturated rings. The van der Waals surface area contributed by atoms with Crippen molar-refractivity contribution < 1.29 is 23.0 Å². The van der Waals surface area contributed by atoms with Gasteiger partial charge in [-0.15, -0.1) is 0 Å². The lowest BCUT2D eigenvalue weighted by atomic mass is 9.74. The number of ether oxygens (including phenoxy) is 1. The van der Waals surface area contributed by atoms with Crippen LogP contribution in [0.15, 0.2) is 0 Å². The van der Waals surface area contributed by atoms with Crippen molar-refractivity contribution in [2.24, 2.45) is 17.3 Å². The maximum absolute atomic E-state index is 12.0. The molecule has 2 rings (SSSR count). The molecule has 2 aliphatic carbocycles. The summed E-state index contributed by atoms with van der Waals surface area (Å²) in [4.78, 5) is 0. The van der Waals surface area contributed by atoms with Crippen LogP contribution in [0.2, 0.25) is 0 Å². The molecule has 94 valence electrons. The zero-order valence-electron chi connectivity index (χ0n) is 9.09. The number of aliphatic hydroxyl groups is 1. The Morgan fingerprint density at radius 3 is 2.50 bits per heavy atom. The van der Waals surface area contributed by atoms with Crippen LogP contribution in [0.1, 0.15) is 25.7 Å². The lowest BCUT2D eigenvalue weighted by Crippen LogP contribution is -2.37. The zero-order valence-corrected chi connectivity index (χ0v) is 9.09. The van der Waals surface area contributed by atoms with Crippen molar-refractivity contribution in [1.29, 1.82) is 0 Å². The molecule has 2 saturated carbocycles. The molecule has 16 heavy (non-hydrogen) atoms. The molecular formula is C11H17F3O2. The summed E-state index contributed by atoms with van der Waals surface area (Å²) in [7, 11) is 0. The second-order valence-corrected chi connectivity index (χ2v) is 5.21. The molecule has 5 heteroatoms. The summed E-state index contributed by atoms with van der Waals surface area (Å²) in [5, 5.41) is 9.41. The average molecular weight is 238 g/mol. The Kier molecular flexibility index (Phi) is 3.18. The first kappa shape index (κ1) is 12.2. The minimum Gasteiger partial charge on any atom is -0.396 e. The van der Waals surface area contributed by atoms with E-state index < -0.39 is 18.2 Å². The van der Waals surface area contributed by atoms with Gasteiger partial charge in [-0.2, -0.15) is 13.2 Å². The molecule has 3 unspecified atom stereocenters. The highest BCUT2D eigenvalue weighted by Gasteiger charge is 2.51. The number of halogens is 3. The van der Waals surface area contributed by atoms with Gasteiger partial charge in [0.05, 0.1) is 13.2 Å². The van der Waals surface area contributed by atoms with Crippen LogP contribution < -0.4 is 0 Å². The Morgan fingerprint density at radius 2 is 2.06 bits per heavy atom. The summed E-state index contributed by atoms with van der Waals surface area (Å²) in [6.07, 6.45) is -0.206. The van der Waals surface area contributed by atoms with Gasteiger partial charge in [-0.3, -0.25) is 0 Å². The Balaban J connectivity index is 1.87. The van der Waals surface area contributed by atoms with E-state index in [2.05, 4.69) is 0 Å². The summed E-state index contributed by atoms with van der Waals surface area (Å²) in [5.41, 5.74) is -0.395. The molecule has 2 bridgehead atoms. The highest BCUT2D eigenvalue weighted by Crippen LogP contribution is 2.55. The van der Waals surface area contributed by atoms with Gasteiger partial charge >= 0.3 is 6.18 Å². The molecule has 0 saturated heterocycles. The van der Waals surface area contributed by atoms with Gasteiger partial charge in [0.15, 0.2) is 0 Å². The number of rotatable bonds is 4. The maximum atomic E-state index is 12.0. The molecule has 0 spiro atoms. The van der Waals surface area contributed by atoms with E-state index in [-0.39, 0.29) is 13.2 Å². The lowest BCUT2D eigenvalue weighted by molar-refractivity contribution is -0.185. The van der Waals surface area contributed by atoms with E-state index in [4.69, 9.17) is 4.74 Å². The molecule has 0 aromatic carbocycles. The smallest absolute Gasteiger partial charge is 0.396 e. The fraction of sp³-hybridized carbons (Fsp3) is 1.00. The summed E-state index contributed by atoms with van der Waals surface area (Å²) < 4.78 is 40.6. The summed E-state index contributed by atoms with van der Waals surface area (Å²) in [6, 6.07) is 0. The van der Waals surface area contributed by atoms with Gasteiger partial charge in [-0.25, -0.2) is 0 Å². The molecule has 3 atom stereocenters. The van der Waals surface area contributed by atoms with Crippen LogP contribution in [0.3, 0.4) is 0 Å². The molecule has 0 heterocycles. The standard InChI is InChI=1S/C11H17F3O2/c12-11(13,14)7-16-6-10(5-15)4-8-1-2-9(10)3-8/h8-9,15H,1-7H2. The van der Waals surface area contributed by atoms with E-state index >= 15 is 0 Å². The minimum atomic E-state index is -4.27. The molecule has 0 amide bonds. The van der Waals surface area contributed by atoms with Gasteiger partial charge < -0.3 is 9.84 Å². The topological polar surface area (TPSA) is 29.5 Å². The van der Waals surface area contributed by atoms with Crippen molar-refractivity contribution in [3.63, 3.8) is 0 Å². The fourth-order valence-corrected chi connectivity index (χ4v) is 3.34. The van der Waals surface area contributed by atoms with E-state index in [9.17, 15) is 18.3 Å². The second-order valence-electron chi connectivity index (χ2n) is 5.21. The molecular weight excluding hydrogens is 221 g/mol. The van der Waals surface area contributed by atoms with Crippen LogP contribution in [-0.4, -0.2) is 31.1 Å². The number of fused-ring (bicyclic) bond motifs is 2. The average Bonchev–Trinajstić information content (AvgIpc) is 2.75. The van der Waals surface area contributed by atoms with Crippen LogP contribution in [0, 0.1) is 17.3 Å². The SMILES string of the molecule is OCC1(COCC(F)(F)F)CC2CCC1C2. The van der Waals surface area contributed by atoms with Crippen LogP contribution in [0.25, 0.3) is 0 Å². The lowest BCUT2D eigenvalue weighted by Gasteiger charge is -2.35. The quantitative estimate of drug-likeness (QED) is 0.814. The van der Waals surface area contributed by atoms with Gasteiger partial charge in [0.1, 0.15) is 6.61 Å². The molecule has 0 aliphatic heterocycles. The third kappa shape index (κ3) is 2.35. The normalized spacial score (nSPS) is 38.2. The summed E-state index contributed by atoms with van der Waals surface area (Å²) >= 11 is 0. The molecule has 0 aromatic rings. The van der Waals surface area contributed by atoms with Gasteiger partial charge in [-0.05, 0) is 31.1 Å². The van der Waals surface area contributed by atoms with E-state index in [0.717, 1.165) is 25.7 Å². The summed E-state index contributed by atoms with van der Waals surface area (Å²) in [5.74, 6) is 0.947. The Bertz CT molecular complexity index is 254. The first-order valence-corrected chi connectivity index (χ1v) is 5.70. The van der Waals surface area contributed by atoms with E-state index in [1.807, 2.05) is 0 Å². The van der Waals surface area contributed by atoms with Gasteiger partial charge in [0.2, 0.25) is 0 Å². The molecule has 2 nitrogen and oxygen atoms in total. The van der Waals surface area contributed by atoms with Crippen LogP contribution in [-0.2, 0) is 4.74 Å². The van der Waals surface area contributed by atoms with E-state index in [1.54, 1.807) is 0 Å². The molecule has 0 radical (unpaired) electrons. The van der Waals surface area contributed by atoms with Crippen LogP contribution >= 0.6 is 0 Å². The van der Waals surface area contributed by atoms with Crippen molar-refractivity contribution in [2.75, 3.05) is 19.8 Å². The van der Waals surface area contributed by atoms with Crippen molar-refractivity contribution in [3.05, 3.63) is 0 Å². The van der Waals surface area contributed by atoms with Crippen molar-refractivity contribution in [2.45, 2.75) is 31.9 Å². The van der Waals surface area contributed by atoms with Crippen molar-refractivity contribution in [3.8, 4) is 0 Å². The number of hydrogen-bond donors (Lipinski definition) is 1. The first-order valence-electron chi connectivity index (χ1n) is 5.70. The molecule has 0 aromatic heterocycles. The first-order chi connectivity index (χ1) is 7.45. The van der Waals surface area contributed by atoms with Gasteiger partial charge in [0.25, 0.3) is 0 Å². The molecule has 1 N–H and O–H groups in total. The predicted octanol–water partition coefficient (Wildman–Crippen LogP) is 2.36. The zero-order chi connectivity index (χ0) is 11.8. The highest BCUT2D eigenvalue weighted by molar-refractivity contribution is 5.00. The van der Waals surface area contributed by atoms with Crippen molar-refractivity contribution in [1.82, 2.24) is 0 Å². The predicted molar refractivity (Wildman–Crippen MR) is 51.8 cm³/mol.